The van der Waals surface area contributed by atoms with Gasteiger partial charge in [0.05, 0.1) is 16.9 Å². The zero-order chi connectivity index (χ0) is 14.2. The monoisotopic (exact) mass is 292 g/mol. The number of aromatic nitrogens is 1. The molecule has 0 amide bonds. The van der Waals surface area contributed by atoms with E-state index in [9.17, 15) is 0 Å². The molecule has 1 aliphatic carbocycles. The normalized spacial score (nSPS) is 16.9. The number of ether oxygens (including phenoxy) is 1. The number of rotatable bonds is 4. The van der Waals surface area contributed by atoms with Gasteiger partial charge in [0, 0.05) is 18.6 Å². The van der Waals surface area contributed by atoms with Crippen molar-refractivity contribution in [2.24, 2.45) is 0 Å². The van der Waals surface area contributed by atoms with Crippen LogP contribution < -0.4 is 5.73 Å². The fourth-order valence-electron chi connectivity index (χ4n) is 2.74. The van der Waals surface area contributed by atoms with Crippen LogP contribution in [0.4, 0.5) is 5.88 Å². The number of hydrogen-bond donors (Lipinski definition) is 1. The largest absolute Gasteiger partial charge is 0.378 e. The number of halogens is 1. The van der Waals surface area contributed by atoms with Crippen molar-refractivity contribution in [3.8, 4) is 11.1 Å². The third kappa shape index (κ3) is 2.30. The molecule has 0 unspecified atom stereocenters. The van der Waals surface area contributed by atoms with Crippen LogP contribution in [-0.4, -0.2) is 17.9 Å². The van der Waals surface area contributed by atoms with Crippen LogP contribution >= 0.6 is 11.6 Å². The Morgan fingerprint density at radius 2 is 2.25 bits per heavy atom. The molecule has 1 aliphatic rings. The first kappa shape index (κ1) is 13.5. The molecule has 0 saturated heterocycles. The summed E-state index contributed by atoms with van der Waals surface area (Å²) in [6.07, 6.45) is 4.00. The number of methoxy groups -OCH3 is 1. The molecule has 1 aromatic carbocycles. The summed E-state index contributed by atoms with van der Waals surface area (Å²) >= 11 is 6.05. The molecule has 3 rings (SSSR count). The van der Waals surface area contributed by atoms with Crippen molar-refractivity contribution >= 4 is 17.5 Å². The average molecular weight is 293 g/mol. The van der Waals surface area contributed by atoms with E-state index in [1.165, 1.54) is 6.42 Å². The van der Waals surface area contributed by atoms with Gasteiger partial charge in [-0.3, -0.25) is 0 Å². The number of nitrogens with zero attached hydrogens (tertiary/aromatic N) is 1. The maximum Gasteiger partial charge on any atom is 0.230 e. The molecule has 0 spiro atoms. The predicted molar refractivity (Wildman–Crippen MR) is 78.7 cm³/mol. The van der Waals surface area contributed by atoms with Crippen LogP contribution in [0.2, 0.25) is 5.02 Å². The van der Waals surface area contributed by atoms with Gasteiger partial charge >= 0.3 is 0 Å². The Morgan fingerprint density at radius 3 is 2.85 bits per heavy atom. The van der Waals surface area contributed by atoms with E-state index in [1.54, 1.807) is 7.11 Å². The zero-order valence-electron chi connectivity index (χ0n) is 11.4. The molecular formula is C15H17ClN2O2. The van der Waals surface area contributed by atoms with Crippen molar-refractivity contribution < 1.29 is 9.26 Å². The highest BCUT2D eigenvalue weighted by Crippen LogP contribution is 2.41. The molecular weight excluding hydrogens is 276 g/mol. The van der Waals surface area contributed by atoms with Gasteiger partial charge in [-0.25, -0.2) is 0 Å². The Bertz CT molecular complexity index is 615. The second-order valence-corrected chi connectivity index (χ2v) is 5.73. The molecule has 0 aliphatic heterocycles. The third-order valence-electron chi connectivity index (χ3n) is 4.09. The molecule has 20 heavy (non-hydrogen) atoms. The fourth-order valence-corrected chi connectivity index (χ4v) is 2.93. The Kier molecular flexibility index (Phi) is 3.44. The molecule has 1 aromatic heterocycles. The van der Waals surface area contributed by atoms with Crippen molar-refractivity contribution in [2.75, 3.05) is 12.8 Å². The second kappa shape index (κ2) is 5.11. The van der Waals surface area contributed by atoms with E-state index >= 15 is 0 Å². The first-order valence-corrected chi connectivity index (χ1v) is 7.06. The SMILES string of the molecule is COC1(Cc2noc(N)c2-c2cccc(Cl)c2)CCC1. The van der Waals surface area contributed by atoms with Gasteiger partial charge in [0.2, 0.25) is 5.88 Å². The summed E-state index contributed by atoms with van der Waals surface area (Å²) in [6, 6.07) is 7.55. The minimum atomic E-state index is -0.114. The van der Waals surface area contributed by atoms with Gasteiger partial charge in [-0.15, -0.1) is 0 Å². The lowest BCUT2D eigenvalue weighted by Crippen LogP contribution is -2.41. The van der Waals surface area contributed by atoms with Crippen LogP contribution in [0.1, 0.15) is 25.0 Å². The third-order valence-corrected chi connectivity index (χ3v) is 4.32. The van der Waals surface area contributed by atoms with Crippen molar-refractivity contribution in [3.63, 3.8) is 0 Å². The van der Waals surface area contributed by atoms with E-state index in [0.29, 0.717) is 17.3 Å². The molecule has 2 aromatic rings. The summed E-state index contributed by atoms with van der Waals surface area (Å²) in [5.41, 5.74) is 8.41. The molecule has 0 bridgehead atoms. The van der Waals surface area contributed by atoms with Gasteiger partial charge in [0.25, 0.3) is 0 Å². The lowest BCUT2D eigenvalue weighted by atomic mass is 9.76. The number of hydrogen-bond acceptors (Lipinski definition) is 4. The Hall–Kier alpha value is -1.52. The number of nitrogens with two attached hydrogens (primary N) is 1. The Morgan fingerprint density at radius 1 is 1.45 bits per heavy atom. The first-order chi connectivity index (χ1) is 9.63. The van der Waals surface area contributed by atoms with Crippen LogP contribution in [-0.2, 0) is 11.2 Å². The highest BCUT2D eigenvalue weighted by atomic mass is 35.5. The van der Waals surface area contributed by atoms with Gasteiger partial charge in [0.1, 0.15) is 0 Å². The molecule has 5 heteroatoms. The van der Waals surface area contributed by atoms with Gasteiger partial charge in [-0.2, -0.15) is 0 Å². The molecule has 0 atom stereocenters. The highest BCUT2D eigenvalue weighted by molar-refractivity contribution is 6.30. The van der Waals surface area contributed by atoms with Crippen LogP contribution in [0.5, 0.6) is 0 Å². The highest BCUT2D eigenvalue weighted by Gasteiger charge is 2.39. The Labute approximate surface area is 122 Å². The van der Waals surface area contributed by atoms with Crippen molar-refractivity contribution in [1.82, 2.24) is 5.16 Å². The summed E-state index contributed by atoms with van der Waals surface area (Å²) in [4.78, 5) is 0. The minimum absolute atomic E-state index is 0.114. The first-order valence-electron chi connectivity index (χ1n) is 6.69. The van der Waals surface area contributed by atoms with E-state index in [0.717, 1.165) is 29.7 Å². The summed E-state index contributed by atoms with van der Waals surface area (Å²) in [5.74, 6) is 0.327. The minimum Gasteiger partial charge on any atom is -0.378 e. The van der Waals surface area contributed by atoms with Crippen LogP contribution in [0.3, 0.4) is 0 Å². The summed E-state index contributed by atoms with van der Waals surface area (Å²) in [5, 5.41) is 4.78. The van der Waals surface area contributed by atoms with Gasteiger partial charge < -0.3 is 15.0 Å². The van der Waals surface area contributed by atoms with E-state index in [4.69, 9.17) is 26.6 Å². The number of benzene rings is 1. The van der Waals surface area contributed by atoms with E-state index in [2.05, 4.69) is 5.16 Å². The smallest absolute Gasteiger partial charge is 0.230 e. The second-order valence-electron chi connectivity index (χ2n) is 5.30. The quantitative estimate of drug-likeness (QED) is 0.933. The van der Waals surface area contributed by atoms with Gasteiger partial charge in [-0.1, -0.05) is 28.9 Å². The van der Waals surface area contributed by atoms with Gasteiger partial charge in [-0.05, 0) is 37.0 Å². The fraction of sp³-hybridized carbons (Fsp3) is 0.400. The van der Waals surface area contributed by atoms with Crippen LogP contribution in [0.25, 0.3) is 11.1 Å². The molecule has 106 valence electrons. The molecule has 2 N–H and O–H groups in total. The van der Waals surface area contributed by atoms with E-state index in [-0.39, 0.29) is 5.60 Å². The zero-order valence-corrected chi connectivity index (χ0v) is 12.1. The van der Waals surface area contributed by atoms with Gasteiger partial charge in [0.15, 0.2) is 0 Å². The maximum atomic E-state index is 6.05. The standard InChI is InChI=1S/C15H17ClN2O2/c1-19-15(6-3-7-15)9-12-13(14(17)20-18-12)10-4-2-5-11(16)8-10/h2,4-5,8H,3,6-7,9,17H2,1H3. The maximum absolute atomic E-state index is 6.05. The Balaban J connectivity index is 1.97. The van der Waals surface area contributed by atoms with E-state index in [1.807, 2.05) is 24.3 Å². The van der Waals surface area contributed by atoms with Crippen LogP contribution in [0, 0.1) is 0 Å². The molecule has 1 heterocycles. The summed E-state index contributed by atoms with van der Waals surface area (Å²) < 4.78 is 10.8. The predicted octanol–water partition coefficient (Wildman–Crippen LogP) is 3.69. The summed E-state index contributed by atoms with van der Waals surface area (Å²) in [6.45, 7) is 0. The molecule has 4 nitrogen and oxygen atoms in total. The lowest BCUT2D eigenvalue weighted by molar-refractivity contribution is -0.0717. The number of nitrogen functional groups attached to an aromatic ring is 1. The van der Waals surface area contributed by atoms with Crippen LogP contribution in [0.15, 0.2) is 28.8 Å². The molecule has 1 fully saturated rings. The number of anilines is 1. The van der Waals surface area contributed by atoms with Crippen molar-refractivity contribution in [1.29, 1.82) is 0 Å². The lowest BCUT2D eigenvalue weighted by Gasteiger charge is -2.40. The molecule has 1 saturated carbocycles. The molecule has 0 radical (unpaired) electrons. The topological polar surface area (TPSA) is 61.3 Å². The summed E-state index contributed by atoms with van der Waals surface area (Å²) in [7, 11) is 1.75. The average Bonchev–Trinajstić information content (AvgIpc) is 2.75. The van der Waals surface area contributed by atoms with Crippen molar-refractivity contribution in [2.45, 2.75) is 31.3 Å². The van der Waals surface area contributed by atoms with Crippen molar-refractivity contribution in [3.05, 3.63) is 35.0 Å². The van der Waals surface area contributed by atoms with E-state index < -0.39 is 0 Å².